The molecule has 0 aliphatic rings. The van der Waals surface area contributed by atoms with Gasteiger partial charge in [0.05, 0.1) is 5.56 Å². The molecule has 15 heavy (non-hydrogen) atoms. The van der Waals surface area contributed by atoms with Crippen molar-refractivity contribution in [3.8, 4) is 0 Å². The maximum absolute atomic E-state index is 13.5. The Morgan fingerprint density at radius 1 is 1.27 bits per heavy atom. The number of hydrogen-bond donors (Lipinski definition) is 1. The molecule has 0 amide bonds. The monoisotopic (exact) mass is 224 g/mol. The van der Waals surface area contributed by atoms with Crippen molar-refractivity contribution < 1.29 is 14.3 Å². The second kappa shape index (κ2) is 3.51. The molecule has 0 saturated heterocycles. The van der Waals surface area contributed by atoms with Gasteiger partial charge in [0.2, 0.25) is 0 Å². The SMILES string of the molecule is O=C(O)c1cc(F)c2cccc(Cl)c2c1. The zero-order chi connectivity index (χ0) is 11.0. The van der Waals surface area contributed by atoms with Gasteiger partial charge in [-0.2, -0.15) is 0 Å². The molecule has 76 valence electrons. The number of aromatic carboxylic acids is 1. The Morgan fingerprint density at radius 3 is 2.67 bits per heavy atom. The highest BCUT2D eigenvalue weighted by atomic mass is 35.5. The Bertz CT molecular complexity index is 552. The summed E-state index contributed by atoms with van der Waals surface area (Å²) >= 11 is 5.85. The molecule has 0 aromatic heterocycles. The van der Waals surface area contributed by atoms with E-state index in [-0.39, 0.29) is 5.56 Å². The summed E-state index contributed by atoms with van der Waals surface area (Å²) in [6.45, 7) is 0. The van der Waals surface area contributed by atoms with Gasteiger partial charge in [0, 0.05) is 15.8 Å². The second-order valence-corrected chi connectivity index (χ2v) is 3.51. The molecule has 0 atom stereocenters. The minimum atomic E-state index is -1.17. The van der Waals surface area contributed by atoms with Crippen LogP contribution in [-0.2, 0) is 0 Å². The smallest absolute Gasteiger partial charge is 0.335 e. The third kappa shape index (κ3) is 1.66. The van der Waals surface area contributed by atoms with Crippen molar-refractivity contribution in [3.63, 3.8) is 0 Å². The predicted octanol–water partition coefficient (Wildman–Crippen LogP) is 3.33. The van der Waals surface area contributed by atoms with Crippen molar-refractivity contribution in [2.45, 2.75) is 0 Å². The van der Waals surface area contributed by atoms with Gasteiger partial charge in [-0.1, -0.05) is 23.7 Å². The summed E-state index contributed by atoms with van der Waals surface area (Å²) in [4.78, 5) is 10.7. The first-order chi connectivity index (χ1) is 7.09. The van der Waals surface area contributed by atoms with Crippen LogP contribution in [0.25, 0.3) is 10.8 Å². The Balaban J connectivity index is 2.85. The Morgan fingerprint density at radius 2 is 2.00 bits per heavy atom. The molecule has 0 bridgehead atoms. The average Bonchev–Trinajstić information content (AvgIpc) is 2.19. The van der Waals surface area contributed by atoms with E-state index in [1.54, 1.807) is 18.2 Å². The van der Waals surface area contributed by atoms with Gasteiger partial charge < -0.3 is 5.11 Å². The van der Waals surface area contributed by atoms with Crippen LogP contribution < -0.4 is 0 Å². The molecule has 2 aromatic carbocycles. The van der Waals surface area contributed by atoms with Crippen molar-refractivity contribution >= 4 is 28.3 Å². The molecule has 0 aliphatic heterocycles. The maximum atomic E-state index is 13.5. The van der Waals surface area contributed by atoms with E-state index in [2.05, 4.69) is 0 Å². The molecule has 0 aliphatic carbocycles. The van der Waals surface area contributed by atoms with Gasteiger partial charge >= 0.3 is 5.97 Å². The molecule has 1 N–H and O–H groups in total. The molecular weight excluding hydrogens is 219 g/mol. The fraction of sp³-hybridized carbons (Fsp3) is 0. The number of hydrogen-bond acceptors (Lipinski definition) is 1. The maximum Gasteiger partial charge on any atom is 0.335 e. The van der Waals surface area contributed by atoms with Gasteiger partial charge in [0.1, 0.15) is 5.82 Å². The number of halogens is 2. The van der Waals surface area contributed by atoms with Gasteiger partial charge in [-0.3, -0.25) is 0 Å². The van der Waals surface area contributed by atoms with E-state index in [9.17, 15) is 9.18 Å². The summed E-state index contributed by atoms with van der Waals surface area (Å²) in [5.41, 5.74) is -0.104. The summed E-state index contributed by atoms with van der Waals surface area (Å²) in [6, 6.07) is 7.12. The van der Waals surface area contributed by atoms with Gasteiger partial charge in [-0.25, -0.2) is 9.18 Å². The van der Waals surface area contributed by atoms with Crippen molar-refractivity contribution in [1.29, 1.82) is 0 Å². The highest BCUT2D eigenvalue weighted by Crippen LogP contribution is 2.26. The first-order valence-electron chi connectivity index (χ1n) is 4.20. The highest BCUT2D eigenvalue weighted by Gasteiger charge is 2.10. The predicted molar refractivity (Wildman–Crippen MR) is 55.9 cm³/mol. The molecule has 0 fully saturated rings. The van der Waals surface area contributed by atoms with Crippen LogP contribution in [-0.4, -0.2) is 11.1 Å². The van der Waals surface area contributed by atoms with E-state index in [0.717, 1.165) is 6.07 Å². The Hall–Kier alpha value is -1.61. The van der Waals surface area contributed by atoms with Crippen LogP contribution in [0.2, 0.25) is 5.02 Å². The van der Waals surface area contributed by atoms with Crippen LogP contribution in [0.15, 0.2) is 30.3 Å². The Kier molecular flexibility index (Phi) is 2.32. The number of rotatable bonds is 1. The zero-order valence-corrected chi connectivity index (χ0v) is 8.25. The minimum Gasteiger partial charge on any atom is -0.478 e. The van der Waals surface area contributed by atoms with Gasteiger partial charge in [0.25, 0.3) is 0 Å². The lowest BCUT2D eigenvalue weighted by Crippen LogP contribution is -1.97. The molecule has 0 unspecified atom stereocenters. The summed E-state index contributed by atoms with van der Waals surface area (Å²) in [7, 11) is 0. The zero-order valence-electron chi connectivity index (χ0n) is 7.50. The summed E-state index contributed by atoms with van der Waals surface area (Å²) < 4.78 is 13.5. The van der Waals surface area contributed by atoms with Crippen LogP contribution in [0.3, 0.4) is 0 Å². The first kappa shape index (κ1) is 9.93. The minimum absolute atomic E-state index is 0.104. The molecule has 0 spiro atoms. The summed E-state index contributed by atoms with van der Waals surface area (Å²) in [5.74, 6) is -1.75. The number of carboxylic acid groups (broad SMARTS) is 1. The van der Waals surface area contributed by atoms with E-state index in [1.807, 2.05) is 0 Å². The van der Waals surface area contributed by atoms with Crippen molar-refractivity contribution in [3.05, 3.63) is 46.7 Å². The third-order valence-corrected chi connectivity index (χ3v) is 2.47. The first-order valence-corrected chi connectivity index (χ1v) is 4.58. The second-order valence-electron chi connectivity index (χ2n) is 3.10. The molecular formula is C11H6ClFO2. The lowest BCUT2D eigenvalue weighted by Gasteiger charge is -2.03. The molecule has 0 radical (unpaired) electrons. The van der Waals surface area contributed by atoms with Gasteiger partial charge in [-0.15, -0.1) is 0 Å². The number of carbonyl (C=O) groups is 1. The Labute approximate surface area is 89.9 Å². The number of carboxylic acids is 1. The van der Waals surface area contributed by atoms with Crippen molar-refractivity contribution in [2.24, 2.45) is 0 Å². The quantitative estimate of drug-likeness (QED) is 0.807. The largest absolute Gasteiger partial charge is 0.478 e. The van der Waals surface area contributed by atoms with Crippen LogP contribution in [0.4, 0.5) is 4.39 Å². The van der Waals surface area contributed by atoms with Crippen LogP contribution in [0.1, 0.15) is 10.4 Å². The average molecular weight is 225 g/mol. The van der Waals surface area contributed by atoms with Crippen LogP contribution in [0, 0.1) is 5.82 Å². The molecule has 2 rings (SSSR count). The molecule has 2 nitrogen and oxygen atoms in total. The fourth-order valence-corrected chi connectivity index (χ4v) is 1.66. The molecule has 2 aromatic rings. The lowest BCUT2D eigenvalue weighted by atomic mass is 10.1. The van der Waals surface area contributed by atoms with E-state index in [0.29, 0.717) is 15.8 Å². The van der Waals surface area contributed by atoms with Gasteiger partial charge in [-0.05, 0) is 18.2 Å². The molecule has 4 heteroatoms. The molecule has 0 saturated carbocycles. The van der Waals surface area contributed by atoms with E-state index < -0.39 is 11.8 Å². The third-order valence-electron chi connectivity index (χ3n) is 2.14. The summed E-state index contributed by atoms with van der Waals surface area (Å²) in [6.07, 6.45) is 0. The van der Waals surface area contributed by atoms with Crippen LogP contribution in [0.5, 0.6) is 0 Å². The standard InChI is InChI=1S/C11H6ClFO2/c12-9-3-1-2-7-8(9)4-6(11(14)15)5-10(7)13/h1-5H,(H,14,15). The van der Waals surface area contributed by atoms with E-state index in [4.69, 9.17) is 16.7 Å². The van der Waals surface area contributed by atoms with Crippen LogP contribution >= 0.6 is 11.6 Å². The topological polar surface area (TPSA) is 37.3 Å². The van der Waals surface area contributed by atoms with Gasteiger partial charge in [0.15, 0.2) is 0 Å². The normalized spacial score (nSPS) is 10.5. The lowest BCUT2D eigenvalue weighted by molar-refractivity contribution is 0.0696. The summed E-state index contributed by atoms with van der Waals surface area (Å²) in [5, 5.41) is 9.83. The highest BCUT2D eigenvalue weighted by molar-refractivity contribution is 6.35. The fourth-order valence-electron chi connectivity index (χ4n) is 1.43. The van der Waals surface area contributed by atoms with Crippen molar-refractivity contribution in [2.75, 3.05) is 0 Å². The van der Waals surface area contributed by atoms with Crippen molar-refractivity contribution in [1.82, 2.24) is 0 Å². The number of benzene rings is 2. The van der Waals surface area contributed by atoms with E-state index in [1.165, 1.54) is 6.07 Å². The number of fused-ring (bicyclic) bond motifs is 1. The molecule has 0 heterocycles. The van der Waals surface area contributed by atoms with E-state index >= 15 is 0 Å².